The second kappa shape index (κ2) is 7.65. The molecule has 0 heterocycles. The average molecular weight is 279 g/mol. The van der Waals surface area contributed by atoms with E-state index in [1.54, 1.807) is 6.92 Å². The van der Waals surface area contributed by atoms with Gasteiger partial charge in [-0.25, -0.2) is 4.79 Å². The molecule has 0 saturated heterocycles. The van der Waals surface area contributed by atoms with Crippen LogP contribution < -0.4 is 5.32 Å². The van der Waals surface area contributed by atoms with Crippen molar-refractivity contribution in [2.24, 2.45) is 5.16 Å². The van der Waals surface area contributed by atoms with Crippen LogP contribution >= 0.6 is 0 Å². The summed E-state index contributed by atoms with van der Waals surface area (Å²) in [6.45, 7) is 5.90. The van der Waals surface area contributed by atoms with E-state index < -0.39 is 5.54 Å². The first-order chi connectivity index (χ1) is 9.48. The van der Waals surface area contributed by atoms with Gasteiger partial charge in [-0.05, 0) is 26.3 Å². The molecule has 0 amide bonds. The number of quaternary nitrogens is 1. The summed E-state index contributed by atoms with van der Waals surface area (Å²) >= 11 is 0. The minimum absolute atomic E-state index is 0.254. The van der Waals surface area contributed by atoms with Gasteiger partial charge < -0.3 is 15.3 Å². The molecule has 1 aromatic rings. The molecule has 1 aromatic carbocycles. The minimum atomic E-state index is -0.485. The Bertz CT molecular complexity index is 444. The average Bonchev–Trinajstić information content (AvgIpc) is 2.39. The Morgan fingerprint density at radius 3 is 2.65 bits per heavy atom. The lowest BCUT2D eigenvalue weighted by Gasteiger charge is -2.23. The summed E-state index contributed by atoms with van der Waals surface area (Å²) in [6.07, 6.45) is 1.98. The Balaban J connectivity index is 2.83. The van der Waals surface area contributed by atoms with Crippen molar-refractivity contribution in [1.29, 1.82) is 0 Å². The van der Waals surface area contributed by atoms with E-state index in [9.17, 15) is 4.79 Å². The molecule has 0 aliphatic carbocycles. The van der Waals surface area contributed by atoms with Gasteiger partial charge in [-0.2, -0.15) is 0 Å². The Hall–Kier alpha value is -1.88. The highest BCUT2D eigenvalue weighted by molar-refractivity contribution is 5.75. The lowest BCUT2D eigenvalue weighted by atomic mass is 10.0. The second-order valence-electron chi connectivity index (χ2n) is 5.28. The molecule has 110 valence electrons. The highest BCUT2D eigenvalue weighted by Crippen LogP contribution is 2.04. The van der Waals surface area contributed by atoms with E-state index in [2.05, 4.69) is 5.16 Å². The summed E-state index contributed by atoms with van der Waals surface area (Å²) < 4.78 is 5.12. The molecular formula is C15H23N2O3+. The summed E-state index contributed by atoms with van der Waals surface area (Å²) in [7, 11) is 0. The molecule has 1 rings (SSSR count). The van der Waals surface area contributed by atoms with Crippen LogP contribution in [0.4, 0.5) is 0 Å². The van der Waals surface area contributed by atoms with Gasteiger partial charge in [0, 0.05) is 6.42 Å². The number of rotatable bonds is 7. The Labute approximate surface area is 119 Å². The van der Waals surface area contributed by atoms with Crippen LogP contribution in [0.2, 0.25) is 0 Å². The van der Waals surface area contributed by atoms with Crippen LogP contribution in [-0.4, -0.2) is 35.6 Å². The van der Waals surface area contributed by atoms with E-state index in [1.165, 1.54) is 6.21 Å². The van der Waals surface area contributed by atoms with Crippen molar-refractivity contribution < 1.29 is 20.1 Å². The maximum Gasteiger partial charge on any atom is 0.365 e. The highest BCUT2D eigenvalue weighted by Gasteiger charge is 2.31. The fraction of sp³-hybridized carbons (Fsp3) is 0.467. The number of hydrogen-bond donors (Lipinski definition) is 2. The lowest BCUT2D eigenvalue weighted by Crippen LogP contribution is -3.02. The predicted octanol–water partition coefficient (Wildman–Crippen LogP) is 0.963. The minimum Gasteiger partial charge on any atom is -0.462 e. The molecule has 5 heteroatoms. The van der Waals surface area contributed by atoms with Gasteiger partial charge in [-0.3, -0.25) is 0 Å². The Morgan fingerprint density at radius 2 is 2.10 bits per heavy atom. The third-order valence-electron chi connectivity index (χ3n) is 2.91. The van der Waals surface area contributed by atoms with Gasteiger partial charge in [0.1, 0.15) is 11.8 Å². The number of benzene rings is 1. The van der Waals surface area contributed by atoms with Crippen molar-refractivity contribution in [2.75, 3.05) is 6.61 Å². The van der Waals surface area contributed by atoms with Gasteiger partial charge >= 0.3 is 5.97 Å². The molecular weight excluding hydrogens is 256 g/mol. The number of nitrogens with two attached hydrogens (primary N) is 1. The van der Waals surface area contributed by atoms with Gasteiger partial charge in [0.25, 0.3) is 0 Å². The van der Waals surface area contributed by atoms with Crippen molar-refractivity contribution in [2.45, 2.75) is 38.8 Å². The molecule has 0 aromatic heterocycles. The number of nitrogens with zero attached hydrogens (tertiary/aromatic N) is 1. The number of carbonyl (C=O) groups is 1. The second-order valence-corrected chi connectivity index (χ2v) is 5.28. The molecule has 0 radical (unpaired) electrons. The largest absolute Gasteiger partial charge is 0.462 e. The number of ether oxygens (including phenoxy) is 1. The van der Waals surface area contributed by atoms with Gasteiger partial charge in [0.2, 0.25) is 0 Å². The van der Waals surface area contributed by atoms with Crippen LogP contribution in [0.1, 0.15) is 26.3 Å². The molecule has 0 spiro atoms. The van der Waals surface area contributed by atoms with E-state index in [4.69, 9.17) is 9.94 Å². The molecule has 0 fully saturated rings. The number of hydrogen-bond acceptors (Lipinski definition) is 4. The molecule has 0 aliphatic heterocycles. The maximum absolute atomic E-state index is 12.1. The van der Waals surface area contributed by atoms with E-state index >= 15 is 0 Å². The summed E-state index contributed by atoms with van der Waals surface area (Å²) in [5.41, 5.74) is 0.583. The number of carbonyl (C=O) groups excluding carboxylic acids is 1. The monoisotopic (exact) mass is 279 g/mol. The fourth-order valence-corrected chi connectivity index (χ4v) is 2.04. The SMILES string of the molecule is CCOC(=O)[C@@H](Cc1ccccc1)[NH2+]C(C)(C)/C=N\O. The highest BCUT2D eigenvalue weighted by atomic mass is 16.5. The molecule has 3 N–H and O–H groups in total. The first-order valence-electron chi connectivity index (χ1n) is 6.73. The molecule has 0 saturated carbocycles. The lowest BCUT2D eigenvalue weighted by molar-refractivity contribution is -0.723. The van der Waals surface area contributed by atoms with Gasteiger partial charge in [-0.15, -0.1) is 0 Å². The molecule has 5 nitrogen and oxygen atoms in total. The first kappa shape index (κ1) is 16.2. The standard InChI is InChI=1S/C15H22N2O3/c1-4-20-14(18)13(17-15(2,3)11-16-19)10-12-8-6-5-7-9-12/h5-9,11,13,17,19H,4,10H2,1-3H3/p+1/b16-11-/t13-/m1/s1. The molecule has 0 unspecified atom stereocenters. The summed E-state index contributed by atoms with van der Waals surface area (Å²) in [5, 5.41) is 13.6. The summed E-state index contributed by atoms with van der Waals surface area (Å²) in [5.74, 6) is -0.254. The predicted molar refractivity (Wildman–Crippen MR) is 76.8 cm³/mol. The smallest absolute Gasteiger partial charge is 0.365 e. The zero-order chi connectivity index (χ0) is 15.0. The van der Waals surface area contributed by atoms with Gasteiger partial charge in [0.05, 0.1) is 6.61 Å². The summed E-state index contributed by atoms with van der Waals surface area (Å²) in [4.78, 5) is 12.1. The maximum atomic E-state index is 12.1. The first-order valence-corrected chi connectivity index (χ1v) is 6.73. The summed E-state index contributed by atoms with van der Waals surface area (Å²) in [6, 6.07) is 9.41. The number of esters is 1. The van der Waals surface area contributed by atoms with Gasteiger partial charge in [-0.1, -0.05) is 35.5 Å². The van der Waals surface area contributed by atoms with Crippen molar-refractivity contribution in [3.63, 3.8) is 0 Å². The van der Waals surface area contributed by atoms with Crippen molar-refractivity contribution in [3.8, 4) is 0 Å². The normalized spacial score (nSPS) is 13.3. The van der Waals surface area contributed by atoms with Crippen molar-refractivity contribution >= 4 is 12.2 Å². The van der Waals surface area contributed by atoms with E-state index in [-0.39, 0.29) is 12.0 Å². The van der Waals surface area contributed by atoms with E-state index in [1.807, 2.05) is 49.5 Å². The van der Waals surface area contributed by atoms with Crippen LogP contribution in [0.3, 0.4) is 0 Å². The zero-order valence-corrected chi connectivity index (χ0v) is 12.2. The van der Waals surface area contributed by atoms with Crippen LogP contribution in [0, 0.1) is 0 Å². The van der Waals surface area contributed by atoms with Gasteiger partial charge in [0.15, 0.2) is 6.04 Å². The van der Waals surface area contributed by atoms with Crippen LogP contribution in [0.25, 0.3) is 0 Å². The van der Waals surface area contributed by atoms with Crippen molar-refractivity contribution in [1.82, 2.24) is 0 Å². The zero-order valence-electron chi connectivity index (χ0n) is 12.2. The topological polar surface area (TPSA) is 75.5 Å². The Kier molecular flexibility index (Phi) is 6.18. The van der Waals surface area contributed by atoms with E-state index in [0.29, 0.717) is 13.0 Å². The molecule has 0 aliphatic rings. The molecule has 0 bridgehead atoms. The Morgan fingerprint density at radius 1 is 1.45 bits per heavy atom. The van der Waals surface area contributed by atoms with Crippen LogP contribution in [0.5, 0.6) is 0 Å². The molecule has 1 atom stereocenters. The third-order valence-corrected chi connectivity index (χ3v) is 2.91. The molecule has 20 heavy (non-hydrogen) atoms. The fourth-order valence-electron chi connectivity index (χ4n) is 2.04. The van der Waals surface area contributed by atoms with Crippen LogP contribution in [-0.2, 0) is 16.0 Å². The van der Waals surface area contributed by atoms with E-state index in [0.717, 1.165) is 5.56 Å². The third kappa shape index (κ3) is 5.40. The quantitative estimate of drug-likeness (QED) is 0.338. The number of oxime groups is 1. The van der Waals surface area contributed by atoms with Crippen molar-refractivity contribution in [3.05, 3.63) is 35.9 Å². The van der Waals surface area contributed by atoms with Crippen LogP contribution in [0.15, 0.2) is 35.5 Å².